The van der Waals surface area contributed by atoms with Gasteiger partial charge in [0, 0.05) is 5.69 Å². The molecular weight excluding hydrogens is 366 g/mol. The minimum absolute atomic E-state index is 0.0980. The highest BCUT2D eigenvalue weighted by Crippen LogP contribution is 2.22. The minimum atomic E-state index is -2.84. The molecule has 0 radical (unpaired) electrons. The maximum atomic E-state index is 12.2. The second-order valence-corrected chi connectivity index (χ2v) is 6.16. The van der Waals surface area contributed by atoms with Crippen molar-refractivity contribution >= 4 is 23.0 Å². The maximum absolute atomic E-state index is 12.2. The van der Waals surface area contributed by atoms with Gasteiger partial charge in [0.15, 0.2) is 5.11 Å². The summed E-state index contributed by atoms with van der Waals surface area (Å²) in [4.78, 5) is 0. The highest BCUT2D eigenvalue weighted by atomic mass is 32.1. The molecule has 0 amide bonds. The fraction of sp³-hybridized carbons (Fsp3) is 0.0952. The van der Waals surface area contributed by atoms with E-state index < -0.39 is 6.61 Å². The molecule has 3 rings (SSSR count). The minimum Gasteiger partial charge on any atom is -0.435 e. The fourth-order valence-electron chi connectivity index (χ4n) is 2.67. The second-order valence-electron chi connectivity index (χ2n) is 5.76. The van der Waals surface area contributed by atoms with Crippen molar-refractivity contribution < 1.29 is 13.5 Å². The first-order chi connectivity index (χ1) is 13.1. The normalized spacial score (nSPS) is 10.7. The highest BCUT2D eigenvalue weighted by molar-refractivity contribution is 7.80. The van der Waals surface area contributed by atoms with Crippen LogP contribution in [-0.2, 0) is 0 Å². The number of thiocarbonyl (C=S) groups is 1. The number of alkyl halides is 2. The quantitative estimate of drug-likeness (QED) is 0.560. The second kappa shape index (κ2) is 9.09. The first-order valence-electron chi connectivity index (χ1n) is 8.34. The Kier molecular flexibility index (Phi) is 6.33. The van der Waals surface area contributed by atoms with Crippen molar-refractivity contribution in [2.24, 2.45) is 0 Å². The lowest BCUT2D eigenvalue weighted by Crippen LogP contribution is -2.33. The van der Waals surface area contributed by atoms with Gasteiger partial charge in [0.05, 0.1) is 6.04 Å². The molecule has 3 aromatic carbocycles. The van der Waals surface area contributed by atoms with Crippen LogP contribution < -0.4 is 15.4 Å². The van der Waals surface area contributed by atoms with Crippen LogP contribution in [0.25, 0.3) is 0 Å². The molecule has 0 aliphatic carbocycles. The van der Waals surface area contributed by atoms with E-state index in [0.717, 1.165) is 11.1 Å². The van der Waals surface area contributed by atoms with Gasteiger partial charge in [0.25, 0.3) is 0 Å². The molecule has 0 aliphatic rings. The van der Waals surface area contributed by atoms with Crippen molar-refractivity contribution in [3.05, 3.63) is 96.1 Å². The predicted molar refractivity (Wildman–Crippen MR) is 107 cm³/mol. The third-order valence-electron chi connectivity index (χ3n) is 3.88. The zero-order valence-electron chi connectivity index (χ0n) is 14.3. The molecule has 6 heteroatoms. The van der Waals surface area contributed by atoms with E-state index >= 15 is 0 Å². The first-order valence-corrected chi connectivity index (χ1v) is 8.75. The van der Waals surface area contributed by atoms with Gasteiger partial charge in [0.1, 0.15) is 5.75 Å². The summed E-state index contributed by atoms with van der Waals surface area (Å²) < 4.78 is 28.8. The summed E-state index contributed by atoms with van der Waals surface area (Å²) in [5.74, 6) is 0.0980. The Bertz CT molecular complexity index is 819. The Morgan fingerprint density at radius 3 is 1.78 bits per heavy atom. The molecule has 0 atom stereocenters. The van der Waals surface area contributed by atoms with Crippen molar-refractivity contribution in [3.8, 4) is 5.75 Å². The van der Waals surface area contributed by atoms with Crippen LogP contribution in [0.2, 0.25) is 0 Å². The smallest absolute Gasteiger partial charge is 0.387 e. The summed E-state index contributed by atoms with van der Waals surface area (Å²) >= 11 is 5.44. The molecule has 0 bridgehead atoms. The number of hydrogen-bond donors (Lipinski definition) is 2. The van der Waals surface area contributed by atoms with Gasteiger partial charge in [-0.3, -0.25) is 0 Å². The van der Waals surface area contributed by atoms with E-state index in [9.17, 15) is 8.78 Å². The zero-order valence-corrected chi connectivity index (χ0v) is 15.1. The van der Waals surface area contributed by atoms with Crippen LogP contribution in [0.3, 0.4) is 0 Å². The average Bonchev–Trinajstić information content (AvgIpc) is 2.69. The topological polar surface area (TPSA) is 33.3 Å². The van der Waals surface area contributed by atoms with E-state index in [4.69, 9.17) is 12.2 Å². The maximum Gasteiger partial charge on any atom is 0.387 e. The van der Waals surface area contributed by atoms with Crippen molar-refractivity contribution in [3.63, 3.8) is 0 Å². The Hall–Kier alpha value is -2.99. The molecule has 3 nitrogen and oxygen atoms in total. The van der Waals surface area contributed by atoms with Gasteiger partial charge < -0.3 is 15.4 Å². The molecule has 3 aromatic rings. The molecule has 0 spiro atoms. The summed E-state index contributed by atoms with van der Waals surface area (Å²) in [5.41, 5.74) is 2.83. The molecule has 0 fully saturated rings. The van der Waals surface area contributed by atoms with E-state index in [0.29, 0.717) is 10.8 Å². The van der Waals surface area contributed by atoms with Crippen molar-refractivity contribution in [2.45, 2.75) is 12.7 Å². The van der Waals surface area contributed by atoms with E-state index in [1.54, 1.807) is 12.1 Å². The summed E-state index contributed by atoms with van der Waals surface area (Å²) in [7, 11) is 0. The summed E-state index contributed by atoms with van der Waals surface area (Å²) in [6.07, 6.45) is 0. The lowest BCUT2D eigenvalue weighted by atomic mass is 9.99. The molecule has 0 aliphatic heterocycles. The Morgan fingerprint density at radius 1 is 0.778 bits per heavy atom. The Morgan fingerprint density at radius 2 is 1.30 bits per heavy atom. The molecule has 2 N–H and O–H groups in total. The summed E-state index contributed by atoms with van der Waals surface area (Å²) in [6.45, 7) is -2.84. The van der Waals surface area contributed by atoms with Gasteiger partial charge >= 0.3 is 6.61 Å². The van der Waals surface area contributed by atoms with E-state index in [1.165, 1.54) is 12.1 Å². The van der Waals surface area contributed by atoms with Gasteiger partial charge in [-0.2, -0.15) is 8.78 Å². The van der Waals surface area contributed by atoms with E-state index in [-0.39, 0.29) is 11.8 Å². The van der Waals surface area contributed by atoms with Crippen LogP contribution in [0.15, 0.2) is 84.9 Å². The Balaban J connectivity index is 1.71. The van der Waals surface area contributed by atoms with Crippen molar-refractivity contribution in [1.29, 1.82) is 0 Å². The molecule has 0 saturated carbocycles. The van der Waals surface area contributed by atoms with Crippen LogP contribution in [0.4, 0.5) is 14.5 Å². The van der Waals surface area contributed by atoms with Gasteiger partial charge in [-0.25, -0.2) is 0 Å². The number of halogens is 2. The van der Waals surface area contributed by atoms with Crippen LogP contribution in [0, 0.1) is 0 Å². The number of anilines is 1. The third kappa shape index (κ3) is 5.49. The largest absolute Gasteiger partial charge is 0.435 e. The van der Waals surface area contributed by atoms with Crippen molar-refractivity contribution in [2.75, 3.05) is 5.32 Å². The first kappa shape index (κ1) is 18.8. The number of rotatable bonds is 6. The summed E-state index contributed by atoms with van der Waals surface area (Å²) in [6, 6.07) is 26.0. The number of nitrogens with one attached hydrogen (secondary N) is 2. The van der Waals surface area contributed by atoms with Gasteiger partial charge in [0.2, 0.25) is 0 Å². The highest BCUT2D eigenvalue weighted by Gasteiger charge is 2.15. The van der Waals surface area contributed by atoms with Gasteiger partial charge in [-0.1, -0.05) is 60.7 Å². The SMILES string of the molecule is FC(F)Oc1ccc(NC(=S)NC(c2ccccc2)c2ccccc2)cc1. The molecule has 138 valence electrons. The average molecular weight is 384 g/mol. The zero-order chi connectivity index (χ0) is 19.1. The molecule has 0 saturated heterocycles. The third-order valence-corrected chi connectivity index (χ3v) is 4.10. The van der Waals surface area contributed by atoms with Crippen LogP contribution in [-0.4, -0.2) is 11.7 Å². The monoisotopic (exact) mass is 384 g/mol. The number of ether oxygens (including phenoxy) is 1. The van der Waals surface area contributed by atoms with Crippen LogP contribution >= 0.6 is 12.2 Å². The summed E-state index contributed by atoms with van der Waals surface area (Å²) in [5, 5.41) is 6.81. The molecule has 0 unspecified atom stereocenters. The van der Waals surface area contributed by atoms with Crippen molar-refractivity contribution in [1.82, 2.24) is 5.32 Å². The molecule has 27 heavy (non-hydrogen) atoms. The molecular formula is C21H18F2N2OS. The standard InChI is InChI=1S/C21H18F2N2OS/c22-20(23)26-18-13-11-17(12-14-18)24-21(27)25-19(15-7-3-1-4-8-15)16-9-5-2-6-10-16/h1-14,19-20H,(H2,24,25,27). The van der Waals surface area contributed by atoms with E-state index in [2.05, 4.69) is 15.4 Å². The van der Waals surface area contributed by atoms with E-state index in [1.807, 2.05) is 60.7 Å². The number of hydrogen-bond acceptors (Lipinski definition) is 2. The molecule has 0 aromatic heterocycles. The van der Waals surface area contributed by atoms with Gasteiger partial charge in [-0.15, -0.1) is 0 Å². The Labute approximate surface area is 162 Å². The fourth-order valence-corrected chi connectivity index (χ4v) is 2.90. The lowest BCUT2D eigenvalue weighted by Gasteiger charge is -2.22. The lowest BCUT2D eigenvalue weighted by molar-refractivity contribution is -0.0498. The number of benzene rings is 3. The van der Waals surface area contributed by atoms with Gasteiger partial charge in [-0.05, 0) is 47.6 Å². The predicted octanol–water partition coefficient (Wildman–Crippen LogP) is 5.36. The van der Waals surface area contributed by atoms with Crippen LogP contribution in [0.5, 0.6) is 5.75 Å². The van der Waals surface area contributed by atoms with Crippen LogP contribution in [0.1, 0.15) is 17.2 Å². The molecule has 0 heterocycles.